The fraction of sp³-hybridized carbons (Fsp3) is 0.222. The van der Waals surface area contributed by atoms with Crippen molar-refractivity contribution in [1.82, 2.24) is 0 Å². The largest absolute Gasteiger partial charge is 0.481 e. The average Bonchev–Trinajstić information content (AvgIpc) is 2.49. The van der Waals surface area contributed by atoms with E-state index in [4.69, 9.17) is 0 Å². The van der Waals surface area contributed by atoms with Crippen LogP contribution in [-0.2, 0) is 22.4 Å². The van der Waals surface area contributed by atoms with E-state index in [0.717, 1.165) is 22.3 Å². The highest BCUT2D eigenvalue weighted by Gasteiger charge is 2.36. The zero-order valence-corrected chi connectivity index (χ0v) is 11.9. The average molecular weight is 296 g/mol. The van der Waals surface area contributed by atoms with Crippen LogP contribution in [0, 0.1) is 11.8 Å². The first-order valence-electron chi connectivity index (χ1n) is 7.19. The van der Waals surface area contributed by atoms with Gasteiger partial charge in [0.1, 0.15) is 0 Å². The maximum absolute atomic E-state index is 11.6. The van der Waals surface area contributed by atoms with Crippen molar-refractivity contribution in [3.63, 3.8) is 0 Å². The van der Waals surface area contributed by atoms with Crippen LogP contribution in [0.5, 0.6) is 0 Å². The summed E-state index contributed by atoms with van der Waals surface area (Å²) in [6.45, 7) is 0. The highest BCUT2D eigenvalue weighted by Crippen LogP contribution is 2.35. The van der Waals surface area contributed by atoms with Crippen molar-refractivity contribution in [3.05, 3.63) is 59.7 Å². The molecule has 0 spiro atoms. The Hall–Kier alpha value is -2.62. The Bertz CT molecular complexity index is 672. The molecule has 0 radical (unpaired) electrons. The van der Waals surface area contributed by atoms with Crippen LogP contribution in [0.2, 0.25) is 0 Å². The van der Waals surface area contributed by atoms with Crippen molar-refractivity contribution >= 4 is 11.9 Å². The zero-order valence-electron chi connectivity index (χ0n) is 11.9. The number of carboxylic acids is 2. The second-order valence-corrected chi connectivity index (χ2v) is 5.61. The van der Waals surface area contributed by atoms with Crippen LogP contribution >= 0.6 is 0 Å². The predicted molar refractivity (Wildman–Crippen MR) is 81.5 cm³/mol. The van der Waals surface area contributed by atoms with Gasteiger partial charge in [0.15, 0.2) is 0 Å². The number of fused-ring (bicyclic) bond motifs is 3. The van der Waals surface area contributed by atoms with Gasteiger partial charge in [0.25, 0.3) is 0 Å². The van der Waals surface area contributed by atoms with E-state index in [1.54, 1.807) is 0 Å². The SMILES string of the molecule is O=C(O)C1Cc2ccccc2-c2ccccc2CC1C(=O)O. The molecule has 22 heavy (non-hydrogen) atoms. The third-order valence-electron chi connectivity index (χ3n) is 4.32. The molecular weight excluding hydrogens is 280 g/mol. The molecule has 2 aromatic carbocycles. The highest BCUT2D eigenvalue weighted by molar-refractivity contribution is 5.82. The molecule has 2 unspecified atom stereocenters. The molecule has 0 saturated carbocycles. The molecule has 1 aliphatic rings. The van der Waals surface area contributed by atoms with Gasteiger partial charge in [-0.2, -0.15) is 0 Å². The Kier molecular flexibility index (Phi) is 3.67. The Morgan fingerprint density at radius 3 is 1.45 bits per heavy atom. The lowest BCUT2D eigenvalue weighted by Crippen LogP contribution is -2.34. The minimum Gasteiger partial charge on any atom is -0.481 e. The van der Waals surface area contributed by atoms with Gasteiger partial charge in [-0.1, -0.05) is 48.5 Å². The van der Waals surface area contributed by atoms with Gasteiger partial charge in [-0.15, -0.1) is 0 Å². The van der Waals surface area contributed by atoms with Gasteiger partial charge in [0.05, 0.1) is 11.8 Å². The zero-order chi connectivity index (χ0) is 15.7. The Balaban J connectivity index is 2.20. The van der Waals surface area contributed by atoms with Gasteiger partial charge in [-0.25, -0.2) is 0 Å². The molecule has 4 nitrogen and oxygen atoms in total. The van der Waals surface area contributed by atoms with E-state index in [1.165, 1.54) is 0 Å². The molecule has 0 aromatic heterocycles. The topological polar surface area (TPSA) is 74.6 Å². The normalized spacial score (nSPS) is 20.2. The molecule has 112 valence electrons. The lowest BCUT2D eigenvalue weighted by molar-refractivity contribution is -0.153. The first-order valence-corrected chi connectivity index (χ1v) is 7.19. The number of rotatable bonds is 2. The van der Waals surface area contributed by atoms with E-state index >= 15 is 0 Å². The van der Waals surface area contributed by atoms with Crippen LogP contribution in [0.3, 0.4) is 0 Å². The molecular formula is C18H16O4. The van der Waals surface area contributed by atoms with E-state index in [0.29, 0.717) is 0 Å². The summed E-state index contributed by atoms with van der Waals surface area (Å²) in [5.74, 6) is -3.96. The maximum atomic E-state index is 11.6. The van der Waals surface area contributed by atoms with Gasteiger partial charge in [0.2, 0.25) is 0 Å². The quantitative estimate of drug-likeness (QED) is 0.893. The molecule has 2 N–H and O–H groups in total. The first-order chi connectivity index (χ1) is 10.6. The van der Waals surface area contributed by atoms with Gasteiger partial charge in [0, 0.05) is 0 Å². The fourth-order valence-corrected chi connectivity index (χ4v) is 3.20. The summed E-state index contributed by atoms with van der Waals surface area (Å²) in [7, 11) is 0. The van der Waals surface area contributed by atoms with E-state index < -0.39 is 23.8 Å². The Morgan fingerprint density at radius 2 is 1.09 bits per heavy atom. The van der Waals surface area contributed by atoms with Crippen LogP contribution in [-0.4, -0.2) is 22.2 Å². The molecule has 1 aliphatic carbocycles. The maximum Gasteiger partial charge on any atom is 0.307 e. The van der Waals surface area contributed by atoms with E-state index in [1.807, 2.05) is 48.5 Å². The molecule has 0 amide bonds. The first kappa shape index (κ1) is 14.3. The molecule has 2 atom stereocenters. The second kappa shape index (κ2) is 5.64. The lowest BCUT2D eigenvalue weighted by atomic mass is 9.77. The third-order valence-corrected chi connectivity index (χ3v) is 4.32. The van der Waals surface area contributed by atoms with E-state index in [-0.39, 0.29) is 12.8 Å². The van der Waals surface area contributed by atoms with Crippen LogP contribution in [0.4, 0.5) is 0 Å². The number of benzene rings is 2. The summed E-state index contributed by atoms with van der Waals surface area (Å²) < 4.78 is 0. The second-order valence-electron chi connectivity index (χ2n) is 5.61. The standard InChI is InChI=1S/C18H16O4/c19-17(20)15-9-11-5-1-3-7-13(11)14-8-4-2-6-12(14)10-16(15)18(21)22/h1-8,15-16H,9-10H2,(H,19,20)(H,21,22). The third kappa shape index (κ3) is 2.48. The van der Waals surface area contributed by atoms with Crippen molar-refractivity contribution in [2.75, 3.05) is 0 Å². The van der Waals surface area contributed by atoms with Crippen molar-refractivity contribution in [2.24, 2.45) is 11.8 Å². The van der Waals surface area contributed by atoms with E-state index in [9.17, 15) is 19.8 Å². The molecule has 3 rings (SSSR count). The molecule has 0 bridgehead atoms. The number of hydrogen-bond donors (Lipinski definition) is 2. The summed E-state index contributed by atoms with van der Waals surface area (Å²) in [5.41, 5.74) is 3.75. The molecule has 0 fully saturated rings. The van der Waals surface area contributed by atoms with Crippen molar-refractivity contribution in [3.8, 4) is 11.1 Å². The Morgan fingerprint density at radius 1 is 0.727 bits per heavy atom. The summed E-state index contributed by atoms with van der Waals surface area (Å²) in [5, 5.41) is 19.0. The number of aliphatic carboxylic acids is 2. The van der Waals surface area contributed by atoms with Crippen molar-refractivity contribution < 1.29 is 19.8 Å². The highest BCUT2D eigenvalue weighted by atomic mass is 16.4. The molecule has 0 aliphatic heterocycles. The summed E-state index contributed by atoms with van der Waals surface area (Å²) in [6.07, 6.45) is 0.466. The van der Waals surface area contributed by atoms with Crippen molar-refractivity contribution in [1.29, 1.82) is 0 Å². The predicted octanol–water partition coefficient (Wildman–Crippen LogP) is 2.85. The summed E-state index contributed by atoms with van der Waals surface area (Å²) in [4.78, 5) is 23.2. The minimum atomic E-state index is -1.05. The number of hydrogen-bond acceptors (Lipinski definition) is 2. The van der Waals surface area contributed by atoms with Gasteiger partial charge >= 0.3 is 11.9 Å². The van der Waals surface area contributed by atoms with Crippen molar-refractivity contribution in [2.45, 2.75) is 12.8 Å². The monoisotopic (exact) mass is 296 g/mol. The van der Waals surface area contributed by atoms with Crippen LogP contribution < -0.4 is 0 Å². The molecule has 2 aromatic rings. The summed E-state index contributed by atoms with van der Waals surface area (Å²) >= 11 is 0. The summed E-state index contributed by atoms with van der Waals surface area (Å²) in [6, 6.07) is 15.2. The van der Waals surface area contributed by atoms with Gasteiger partial charge in [-0.3, -0.25) is 9.59 Å². The van der Waals surface area contributed by atoms with Crippen LogP contribution in [0.15, 0.2) is 48.5 Å². The van der Waals surface area contributed by atoms with Gasteiger partial charge < -0.3 is 10.2 Å². The molecule has 0 saturated heterocycles. The molecule has 4 heteroatoms. The lowest BCUT2D eigenvalue weighted by Gasteiger charge is -2.26. The Labute approximate surface area is 128 Å². The van der Waals surface area contributed by atoms with Crippen LogP contribution in [0.25, 0.3) is 11.1 Å². The van der Waals surface area contributed by atoms with Crippen LogP contribution in [0.1, 0.15) is 11.1 Å². The van der Waals surface area contributed by atoms with Gasteiger partial charge in [-0.05, 0) is 35.1 Å². The molecule has 0 heterocycles. The fourth-order valence-electron chi connectivity index (χ4n) is 3.20. The number of carboxylic acid groups (broad SMARTS) is 2. The van der Waals surface area contributed by atoms with E-state index in [2.05, 4.69) is 0 Å². The number of carbonyl (C=O) groups is 2. The smallest absolute Gasteiger partial charge is 0.307 e. The minimum absolute atomic E-state index is 0.233.